The van der Waals surface area contributed by atoms with Crippen molar-refractivity contribution in [3.05, 3.63) is 59.7 Å². The lowest BCUT2D eigenvalue weighted by Gasteiger charge is -2.28. The van der Waals surface area contributed by atoms with Gasteiger partial charge in [0, 0.05) is 24.7 Å². The van der Waals surface area contributed by atoms with Crippen molar-refractivity contribution in [3.63, 3.8) is 0 Å². The SMILES string of the molecule is COc1ccc(COc2ccc(C(=O)N3CCCC3CN3CCCC3)cc2)cc1. The highest BCUT2D eigenvalue weighted by atomic mass is 16.5. The van der Waals surface area contributed by atoms with Crippen LogP contribution in [-0.2, 0) is 6.61 Å². The number of ether oxygens (including phenoxy) is 2. The van der Waals surface area contributed by atoms with Gasteiger partial charge in [-0.15, -0.1) is 0 Å². The topological polar surface area (TPSA) is 42.0 Å². The van der Waals surface area contributed by atoms with Crippen molar-refractivity contribution < 1.29 is 14.3 Å². The zero-order valence-corrected chi connectivity index (χ0v) is 17.2. The molecule has 0 saturated carbocycles. The number of nitrogens with zero attached hydrogens (tertiary/aromatic N) is 2. The van der Waals surface area contributed by atoms with Crippen LogP contribution in [0.25, 0.3) is 0 Å². The lowest BCUT2D eigenvalue weighted by molar-refractivity contribution is 0.0708. The average Bonchev–Trinajstić information content (AvgIpc) is 3.45. The molecule has 2 aromatic carbocycles. The fraction of sp³-hybridized carbons (Fsp3) is 0.458. The standard InChI is InChI=1S/C24H30N2O3/c1-28-22-10-6-19(7-11-22)18-29-23-12-8-20(9-13-23)24(27)26-16-4-5-21(26)17-25-14-2-3-15-25/h6-13,21H,2-5,14-18H2,1H3. The summed E-state index contributed by atoms with van der Waals surface area (Å²) in [7, 11) is 1.66. The summed E-state index contributed by atoms with van der Waals surface area (Å²) in [5.74, 6) is 1.75. The molecule has 2 aliphatic rings. The molecule has 1 amide bonds. The van der Waals surface area contributed by atoms with Crippen LogP contribution in [0.2, 0.25) is 0 Å². The fourth-order valence-electron chi connectivity index (χ4n) is 4.30. The quantitative estimate of drug-likeness (QED) is 0.713. The third kappa shape index (κ3) is 4.91. The summed E-state index contributed by atoms with van der Waals surface area (Å²) < 4.78 is 11.0. The smallest absolute Gasteiger partial charge is 0.254 e. The number of methoxy groups -OCH3 is 1. The molecule has 0 spiro atoms. The van der Waals surface area contributed by atoms with Gasteiger partial charge in [0.1, 0.15) is 18.1 Å². The molecule has 1 atom stereocenters. The summed E-state index contributed by atoms with van der Waals surface area (Å²) in [5.41, 5.74) is 1.82. The van der Waals surface area contributed by atoms with Crippen LogP contribution in [0.15, 0.2) is 48.5 Å². The molecule has 2 saturated heterocycles. The van der Waals surface area contributed by atoms with Crippen LogP contribution in [0.4, 0.5) is 0 Å². The number of amides is 1. The van der Waals surface area contributed by atoms with Crippen LogP contribution in [0.1, 0.15) is 41.6 Å². The van der Waals surface area contributed by atoms with E-state index >= 15 is 0 Å². The minimum atomic E-state index is 0.147. The van der Waals surface area contributed by atoms with Gasteiger partial charge in [-0.2, -0.15) is 0 Å². The molecule has 1 unspecified atom stereocenters. The summed E-state index contributed by atoms with van der Waals surface area (Å²) in [4.78, 5) is 17.6. The van der Waals surface area contributed by atoms with Crippen molar-refractivity contribution in [2.75, 3.05) is 33.3 Å². The third-order valence-corrected chi connectivity index (χ3v) is 5.97. The first-order chi connectivity index (χ1) is 14.2. The number of carbonyl (C=O) groups excluding carboxylic acids is 1. The summed E-state index contributed by atoms with van der Waals surface area (Å²) in [6.07, 6.45) is 4.80. The summed E-state index contributed by atoms with van der Waals surface area (Å²) in [6.45, 7) is 4.74. The van der Waals surface area contributed by atoms with Gasteiger partial charge >= 0.3 is 0 Å². The second-order valence-corrected chi connectivity index (χ2v) is 7.96. The second kappa shape index (κ2) is 9.31. The third-order valence-electron chi connectivity index (χ3n) is 5.97. The predicted molar refractivity (Wildman–Crippen MR) is 114 cm³/mol. The second-order valence-electron chi connectivity index (χ2n) is 7.96. The van der Waals surface area contributed by atoms with Gasteiger partial charge in [-0.1, -0.05) is 12.1 Å². The Morgan fingerprint density at radius 3 is 2.31 bits per heavy atom. The van der Waals surface area contributed by atoms with Gasteiger partial charge < -0.3 is 19.3 Å². The maximum absolute atomic E-state index is 13.0. The average molecular weight is 395 g/mol. The van der Waals surface area contributed by atoms with Crippen molar-refractivity contribution in [1.29, 1.82) is 0 Å². The minimum Gasteiger partial charge on any atom is -0.497 e. The Balaban J connectivity index is 1.33. The fourth-order valence-corrected chi connectivity index (χ4v) is 4.30. The first-order valence-corrected chi connectivity index (χ1v) is 10.6. The van der Waals surface area contributed by atoms with Gasteiger partial charge in [0.15, 0.2) is 0 Å². The molecule has 0 bridgehead atoms. The van der Waals surface area contributed by atoms with Gasteiger partial charge in [0.05, 0.1) is 7.11 Å². The summed E-state index contributed by atoms with van der Waals surface area (Å²) in [6, 6.07) is 15.7. The van der Waals surface area contributed by atoms with Crippen molar-refractivity contribution in [1.82, 2.24) is 9.80 Å². The van der Waals surface area contributed by atoms with E-state index in [1.807, 2.05) is 48.5 Å². The number of benzene rings is 2. The highest BCUT2D eigenvalue weighted by Gasteiger charge is 2.31. The molecular formula is C24H30N2O3. The Morgan fingerprint density at radius 1 is 0.931 bits per heavy atom. The summed E-state index contributed by atoms with van der Waals surface area (Å²) >= 11 is 0. The Morgan fingerprint density at radius 2 is 1.62 bits per heavy atom. The Labute approximate surface area is 173 Å². The number of rotatable bonds is 7. The summed E-state index contributed by atoms with van der Waals surface area (Å²) in [5, 5.41) is 0. The van der Waals surface area contributed by atoms with E-state index in [1.54, 1.807) is 7.11 Å². The first kappa shape index (κ1) is 19.8. The van der Waals surface area contributed by atoms with Crippen LogP contribution < -0.4 is 9.47 Å². The lowest BCUT2D eigenvalue weighted by atomic mass is 10.1. The lowest BCUT2D eigenvalue weighted by Crippen LogP contribution is -2.42. The van der Waals surface area contributed by atoms with Gasteiger partial charge in [-0.05, 0) is 80.7 Å². The van der Waals surface area contributed by atoms with E-state index in [9.17, 15) is 4.79 Å². The molecule has 29 heavy (non-hydrogen) atoms. The molecule has 2 fully saturated rings. The van der Waals surface area contributed by atoms with E-state index in [0.29, 0.717) is 12.6 Å². The van der Waals surface area contributed by atoms with E-state index < -0.39 is 0 Å². The van der Waals surface area contributed by atoms with Crippen molar-refractivity contribution >= 4 is 5.91 Å². The molecule has 0 N–H and O–H groups in total. The van der Waals surface area contributed by atoms with E-state index in [1.165, 1.54) is 25.9 Å². The largest absolute Gasteiger partial charge is 0.497 e. The molecule has 154 valence electrons. The zero-order chi connectivity index (χ0) is 20.1. The minimum absolute atomic E-state index is 0.147. The van der Waals surface area contributed by atoms with Crippen molar-refractivity contribution in [2.45, 2.75) is 38.3 Å². The molecule has 0 aromatic heterocycles. The number of hydrogen-bond donors (Lipinski definition) is 0. The van der Waals surface area contributed by atoms with Crippen molar-refractivity contribution in [3.8, 4) is 11.5 Å². The molecule has 2 aliphatic heterocycles. The maximum Gasteiger partial charge on any atom is 0.254 e. The number of carbonyl (C=O) groups is 1. The van der Waals surface area contributed by atoms with Crippen LogP contribution in [0.5, 0.6) is 11.5 Å². The molecule has 5 nitrogen and oxygen atoms in total. The van der Waals surface area contributed by atoms with E-state index in [4.69, 9.17) is 9.47 Å². The van der Waals surface area contributed by atoms with Crippen LogP contribution in [0, 0.1) is 0 Å². The molecule has 2 aromatic rings. The Hall–Kier alpha value is -2.53. The van der Waals surface area contributed by atoms with Gasteiger partial charge in [-0.25, -0.2) is 0 Å². The van der Waals surface area contributed by atoms with E-state index in [-0.39, 0.29) is 5.91 Å². The highest BCUT2D eigenvalue weighted by molar-refractivity contribution is 5.94. The molecule has 5 heteroatoms. The van der Waals surface area contributed by atoms with E-state index in [2.05, 4.69) is 9.80 Å². The highest BCUT2D eigenvalue weighted by Crippen LogP contribution is 2.24. The van der Waals surface area contributed by atoms with Gasteiger partial charge in [-0.3, -0.25) is 4.79 Å². The van der Waals surface area contributed by atoms with E-state index in [0.717, 1.165) is 48.6 Å². The maximum atomic E-state index is 13.0. The molecular weight excluding hydrogens is 364 g/mol. The number of likely N-dealkylation sites (tertiary alicyclic amines) is 2. The van der Waals surface area contributed by atoms with Crippen LogP contribution >= 0.6 is 0 Å². The normalized spacial score (nSPS) is 19.5. The Bertz CT molecular complexity index is 798. The molecule has 0 radical (unpaired) electrons. The molecule has 4 rings (SSSR count). The van der Waals surface area contributed by atoms with Crippen molar-refractivity contribution in [2.24, 2.45) is 0 Å². The zero-order valence-electron chi connectivity index (χ0n) is 17.2. The Kier molecular flexibility index (Phi) is 6.35. The molecule has 2 heterocycles. The van der Waals surface area contributed by atoms with Crippen LogP contribution in [0.3, 0.4) is 0 Å². The molecule has 0 aliphatic carbocycles. The van der Waals surface area contributed by atoms with Gasteiger partial charge in [0.25, 0.3) is 5.91 Å². The predicted octanol–water partition coefficient (Wildman–Crippen LogP) is 3.97. The first-order valence-electron chi connectivity index (χ1n) is 10.6. The van der Waals surface area contributed by atoms with Gasteiger partial charge in [0.2, 0.25) is 0 Å². The van der Waals surface area contributed by atoms with Crippen LogP contribution in [-0.4, -0.2) is 55.0 Å². The number of hydrogen-bond acceptors (Lipinski definition) is 4. The monoisotopic (exact) mass is 394 g/mol.